The fourth-order valence-corrected chi connectivity index (χ4v) is 5.85. The lowest BCUT2D eigenvalue weighted by atomic mass is 9.91. The van der Waals surface area contributed by atoms with E-state index in [1.54, 1.807) is 53.3 Å². The van der Waals surface area contributed by atoms with Crippen molar-refractivity contribution in [3.05, 3.63) is 35.9 Å². The SMILES string of the molecule is CSCC[C@@H](NC(=O)[C@@H](NC(=O)OC(C)(C)C)C(C)C)C(=O)CN[C@@H](CC(C)C)[C@@H](O)C[C@@H](C)C(=O)N[C@@H](C(=O)NCc1ccccc1)C(C)C. The molecule has 0 saturated heterocycles. The minimum Gasteiger partial charge on any atom is -0.444 e. The average Bonchev–Trinajstić information content (AvgIpc) is 3.03. The summed E-state index contributed by atoms with van der Waals surface area (Å²) in [4.78, 5) is 65.6. The topological polar surface area (TPSA) is 175 Å². The monoisotopic (exact) mass is 735 g/mol. The van der Waals surface area contributed by atoms with Gasteiger partial charge in [-0.25, -0.2) is 4.79 Å². The summed E-state index contributed by atoms with van der Waals surface area (Å²) in [6.45, 7) is 18.5. The fraction of sp³-hybridized carbons (Fsp3) is 0.711. The molecule has 0 radical (unpaired) electrons. The lowest BCUT2D eigenvalue weighted by Gasteiger charge is -2.29. The summed E-state index contributed by atoms with van der Waals surface area (Å²) in [5.74, 6) is -1.62. The van der Waals surface area contributed by atoms with Crippen LogP contribution in [0.3, 0.4) is 0 Å². The predicted octanol–water partition coefficient (Wildman–Crippen LogP) is 4.19. The van der Waals surface area contributed by atoms with E-state index in [2.05, 4.69) is 26.6 Å². The Morgan fingerprint density at radius 1 is 0.804 bits per heavy atom. The number of hydrogen-bond donors (Lipinski definition) is 6. The van der Waals surface area contributed by atoms with Gasteiger partial charge in [0.05, 0.1) is 18.7 Å². The molecule has 0 aliphatic rings. The van der Waals surface area contributed by atoms with E-state index in [-0.39, 0.29) is 48.3 Å². The van der Waals surface area contributed by atoms with Crippen LogP contribution in [0.2, 0.25) is 0 Å². The van der Waals surface area contributed by atoms with Crippen LogP contribution in [0.1, 0.15) is 94.1 Å². The second-order valence-electron chi connectivity index (χ2n) is 15.4. The van der Waals surface area contributed by atoms with E-state index in [1.165, 1.54) is 0 Å². The highest BCUT2D eigenvalue weighted by Crippen LogP contribution is 2.17. The molecule has 0 heterocycles. The van der Waals surface area contributed by atoms with Crippen molar-refractivity contribution >= 4 is 41.4 Å². The van der Waals surface area contributed by atoms with Crippen molar-refractivity contribution in [2.45, 2.75) is 131 Å². The molecule has 12 nitrogen and oxygen atoms in total. The van der Waals surface area contributed by atoms with Crippen LogP contribution in [0.15, 0.2) is 30.3 Å². The number of hydrogen-bond acceptors (Lipinski definition) is 9. The average molecular weight is 736 g/mol. The van der Waals surface area contributed by atoms with Gasteiger partial charge >= 0.3 is 6.09 Å². The van der Waals surface area contributed by atoms with Gasteiger partial charge < -0.3 is 36.4 Å². The summed E-state index contributed by atoms with van der Waals surface area (Å²) >= 11 is 1.55. The van der Waals surface area contributed by atoms with Gasteiger partial charge in [0.25, 0.3) is 0 Å². The molecule has 51 heavy (non-hydrogen) atoms. The number of alkyl carbamates (subject to hydrolysis) is 1. The molecule has 1 aromatic rings. The molecular weight excluding hydrogens is 671 g/mol. The Morgan fingerprint density at radius 3 is 1.92 bits per heavy atom. The quantitative estimate of drug-likeness (QED) is 0.102. The van der Waals surface area contributed by atoms with E-state index in [1.807, 2.05) is 64.3 Å². The van der Waals surface area contributed by atoms with E-state index < -0.39 is 53.8 Å². The van der Waals surface area contributed by atoms with Crippen molar-refractivity contribution in [1.29, 1.82) is 0 Å². The minimum absolute atomic E-state index is 0.111. The van der Waals surface area contributed by atoms with E-state index in [9.17, 15) is 29.1 Å². The Kier molecular flexibility index (Phi) is 20.4. The first-order valence-electron chi connectivity index (χ1n) is 18.1. The summed E-state index contributed by atoms with van der Waals surface area (Å²) in [5, 5.41) is 25.8. The zero-order valence-electron chi connectivity index (χ0n) is 32.6. The highest BCUT2D eigenvalue weighted by molar-refractivity contribution is 7.98. The first-order valence-corrected chi connectivity index (χ1v) is 19.5. The Hall–Kier alpha value is -3.16. The number of carbonyl (C=O) groups is 5. The van der Waals surface area contributed by atoms with Gasteiger partial charge in [0.1, 0.15) is 17.7 Å². The van der Waals surface area contributed by atoms with E-state index in [0.29, 0.717) is 25.1 Å². The highest BCUT2D eigenvalue weighted by Gasteiger charge is 2.32. The lowest BCUT2D eigenvalue weighted by molar-refractivity contribution is -0.132. The second kappa shape index (κ2) is 22.7. The standard InChI is InChI=1S/C38H65N5O7S/c1-23(2)19-29(30(44)20-26(7)34(46)42-32(24(3)4)35(47)40-21-27-15-13-12-14-16-27)39-22-31(45)28(17-18-51-11)41-36(48)33(25(5)6)43-37(49)50-38(8,9)10/h12-16,23-26,28-30,32-33,39,44H,17-22H2,1-11H3,(H,40,47)(H,41,48)(H,42,46)(H,43,49)/t26-,28-,29+,30+,32-,33+/m1/s1. The van der Waals surface area contributed by atoms with Gasteiger partial charge in [-0.2, -0.15) is 11.8 Å². The largest absolute Gasteiger partial charge is 0.444 e. The van der Waals surface area contributed by atoms with E-state index in [0.717, 1.165) is 5.56 Å². The van der Waals surface area contributed by atoms with Gasteiger partial charge in [-0.15, -0.1) is 0 Å². The Labute approximate surface area is 310 Å². The number of rotatable bonds is 22. The maximum atomic E-state index is 13.5. The van der Waals surface area contributed by atoms with Crippen molar-refractivity contribution in [3.63, 3.8) is 0 Å². The number of thioether (sulfide) groups is 1. The molecule has 0 spiro atoms. The molecule has 0 bridgehead atoms. The van der Waals surface area contributed by atoms with Crippen LogP contribution in [0, 0.1) is 23.7 Å². The maximum absolute atomic E-state index is 13.5. The van der Waals surface area contributed by atoms with Crippen LogP contribution in [-0.4, -0.2) is 89.1 Å². The lowest BCUT2D eigenvalue weighted by Crippen LogP contribution is -2.56. The van der Waals surface area contributed by atoms with Crippen LogP contribution in [0.25, 0.3) is 0 Å². The van der Waals surface area contributed by atoms with Crippen molar-refractivity contribution in [2.24, 2.45) is 23.7 Å². The molecule has 6 N–H and O–H groups in total. The van der Waals surface area contributed by atoms with E-state index >= 15 is 0 Å². The predicted molar refractivity (Wildman–Crippen MR) is 204 cm³/mol. The summed E-state index contributed by atoms with van der Waals surface area (Å²) in [6, 6.07) is 6.54. The minimum atomic E-state index is -0.965. The molecule has 6 atom stereocenters. The number of carbonyl (C=O) groups excluding carboxylic acids is 5. The van der Waals surface area contributed by atoms with Crippen molar-refractivity contribution in [3.8, 4) is 0 Å². The van der Waals surface area contributed by atoms with Gasteiger partial charge in [0, 0.05) is 18.5 Å². The Morgan fingerprint density at radius 2 is 1.39 bits per heavy atom. The number of benzene rings is 1. The normalized spacial score (nSPS) is 15.4. The molecule has 0 aliphatic heterocycles. The van der Waals surface area contributed by atoms with Crippen LogP contribution in [0.5, 0.6) is 0 Å². The first-order chi connectivity index (χ1) is 23.7. The fourth-order valence-electron chi connectivity index (χ4n) is 5.38. The van der Waals surface area contributed by atoms with Crippen LogP contribution in [0.4, 0.5) is 4.79 Å². The number of aliphatic hydroxyl groups is 1. The molecule has 1 rings (SSSR count). The molecule has 0 fully saturated rings. The van der Waals surface area contributed by atoms with Gasteiger partial charge in [-0.3, -0.25) is 19.2 Å². The zero-order valence-corrected chi connectivity index (χ0v) is 33.4. The molecule has 0 unspecified atom stereocenters. The molecule has 0 saturated carbocycles. The van der Waals surface area contributed by atoms with Gasteiger partial charge in [0.2, 0.25) is 17.7 Å². The van der Waals surface area contributed by atoms with E-state index in [4.69, 9.17) is 4.74 Å². The molecule has 0 aromatic heterocycles. The van der Waals surface area contributed by atoms with Gasteiger partial charge in [0.15, 0.2) is 5.78 Å². The summed E-state index contributed by atoms with van der Waals surface area (Å²) in [7, 11) is 0. The summed E-state index contributed by atoms with van der Waals surface area (Å²) < 4.78 is 5.33. The Bertz CT molecular complexity index is 1240. The molecule has 1 aromatic carbocycles. The van der Waals surface area contributed by atoms with Gasteiger partial charge in [-0.05, 0) is 75.4 Å². The van der Waals surface area contributed by atoms with Crippen LogP contribution in [-0.2, 0) is 30.5 Å². The van der Waals surface area contributed by atoms with Crippen LogP contribution >= 0.6 is 11.8 Å². The van der Waals surface area contributed by atoms with Crippen molar-refractivity contribution < 1.29 is 33.8 Å². The second-order valence-corrected chi connectivity index (χ2v) is 16.4. The zero-order chi connectivity index (χ0) is 38.9. The molecular formula is C38H65N5O7S. The van der Waals surface area contributed by atoms with Crippen molar-refractivity contribution in [1.82, 2.24) is 26.6 Å². The van der Waals surface area contributed by atoms with Gasteiger partial charge in [-0.1, -0.05) is 78.8 Å². The Balaban J connectivity index is 2.93. The third kappa shape index (κ3) is 18.2. The molecule has 13 heteroatoms. The number of ether oxygens (including phenoxy) is 1. The number of nitrogens with one attached hydrogen (secondary N) is 5. The smallest absolute Gasteiger partial charge is 0.408 e. The number of amides is 4. The summed E-state index contributed by atoms with van der Waals surface area (Å²) in [6.07, 6.45) is 1.26. The highest BCUT2D eigenvalue weighted by atomic mass is 32.2. The maximum Gasteiger partial charge on any atom is 0.408 e. The molecule has 290 valence electrons. The third-order valence-electron chi connectivity index (χ3n) is 8.26. The van der Waals surface area contributed by atoms with Crippen LogP contribution < -0.4 is 26.6 Å². The number of aliphatic hydroxyl groups excluding tert-OH is 1. The first kappa shape index (κ1) is 45.9. The molecule has 4 amide bonds. The van der Waals surface area contributed by atoms with Crippen molar-refractivity contribution in [2.75, 3.05) is 18.6 Å². The molecule has 0 aliphatic carbocycles. The number of Topliss-reactive ketones (excluding diaryl/α,β-unsaturated/α-hetero) is 1. The number of ketones is 1. The third-order valence-corrected chi connectivity index (χ3v) is 8.91. The summed E-state index contributed by atoms with van der Waals surface area (Å²) in [5.41, 5.74) is 0.213.